The van der Waals surface area contributed by atoms with Gasteiger partial charge in [-0.25, -0.2) is 13.8 Å². The number of phenolic OH excluding ortho intramolecular Hbond substituents is 1. The van der Waals surface area contributed by atoms with Crippen molar-refractivity contribution in [1.82, 2.24) is 5.43 Å². The van der Waals surface area contributed by atoms with Gasteiger partial charge in [-0.05, 0) is 59.9 Å². The summed E-state index contributed by atoms with van der Waals surface area (Å²) >= 11 is 0. The minimum atomic E-state index is -3.73. The van der Waals surface area contributed by atoms with Crippen LogP contribution in [0.25, 0.3) is 0 Å². The first-order chi connectivity index (χ1) is 15.5. The van der Waals surface area contributed by atoms with Crippen LogP contribution >= 0.6 is 0 Å². The molecule has 3 aromatic rings. The molecule has 3 N–H and O–H groups in total. The molecule has 0 unspecified atom stereocenters. The van der Waals surface area contributed by atoms with E-state index in [9.17, 15) is 18.3 Å². The van der Waals surface area contributed by atoms with E-state index in [-0.39, 0.29) is 21.6 Å². The van der Waals surface area contributed by atoms with E-state index in [1.165, 1.54) is 12.1 Å². The summed E-state index contributed by atoms with van der Waals surface area (Å²) < 4.78 is 28.0. The van der Waals surface area contributed by atoms with E-state index in [4.69, 9.17) is 0 Å². The number of aromatic hydroxyl groups is 1. The second kappa shape index (κ2) is 9.46. The van der Waals surface area contributed by atoms with Gasteiger partial charge in [0.2, 0.25) is 0 Å². The summed E-state index contributed by atoms with van der Waals surface area (Å²) in [5, 5.41) is 13.8. The molecule has 0 atom stereocenters. The summed E-state index contributed by atoms with van der Waals surface area (Å²) in [5.74, 6) is -0.665. The number of hydrazone groups is 1. The average molecular weight is 466 g/mol. The molecule has 0 bridgehead atoms. The SMILES string of the molecule is C/C(=N/NC(=O)c1ccccc1O)c1ccc(NS(=O)(=O)c2ccc(C(C)(C)C)cc2)cc1. The Hall–Kier alpha value is -3.65. The lowest BCUT2D eigenvalue weighted by molar-refractivity contribution is 0.0952. The number of amides is 1. The topological polar surface area (TPSA) is 108 Å². The van der Waals surface area contributed by atoms with E-state index >= 15 is 0 Å². The van der Waals surface area contributed by atoms with Crippen LogP contribution in [0.15, 0.2) is 82.8 Å². The normalized spacial score (nSPS) is 12.3. The largest absolute Gasteiger partial charge is 0.507 e. The number of phenols is 1. The van der Waals surface area contributed by atoms with Crippen molar-refractivity contribution in [2.75, 3.05) is 4.72 Å². The van der Waals surface area contributed by atoms with Crippen molar-refractivity contribution in [3.05, 3.63) is 89.5 Å². The molecule has 1 amide bonds. The first-order valence-corrected chi connectivity index (χ1v) is 11.8. The third kappa shape index (κ3) is 5.98. The van der Waals surface area contributed by atoms with Crippen molar-refractivity contribution in [1.29, 1.82) is 0 Å². The Balaban J connectivity index is 1.68. The number of benzene rings is 3. The molecule has 0 spiro atoms. The molecular formula is C25H27N3O4S. The first kappa shape index (κ1) is 24.0. The Morgan fingerprint density at radius 2 is 1.52 bits per heavy atom. The Morgan fingerprint density at radius 1 is 0.909 bits per heavy atom. The summed E-state index contributed by atoms with van der Waals surface area (Å²) in [7, 11) is -3.73. The summed E-state index contributed by atoms with van der Waals surface area (Å²) in [4.78, 5) is 12.4. The number of carbonyl (C=O) groups is 1. The Labute approximate surface area is 194 Å². The fourth-order valence-corrected chi connectivity index (χ4v) is 4.11. The van der Waals surface area contributed by atoms with Crippen molar-refractivity contribution >= 4 is 27.3 Å². The fraction of sp³-hybridized carbons (Fsp3) is 0.200. The lowest BCUT2D eigenvalue weighted by atomic mass is 9.87. The van der Waals surface area contributed by atoms with Gasteiger partial charge in [0.15, 0.2) is 0 Å². The maximum Gasteiger partial charge on any atom is 0.275 e. The van der Waals surface area contributed by atoms with E-state index in [0.29, 0.717) is 17.0 Å². The number of anilines is 1. The number of rotatable bonds is 6. The van der Waals surface area contributed by atoms with Gasteiger partial charge in [-0.1, -0.05) is 57.2 Å². The zero-order valence-electron chi connectivity index (χ0n) is 19.0. The Bertz CT molecular complexity index is 1270. The molecule has 172 valence electrons. The predicted molar refractivity (Wildman–Crippen MR) is 130 cm³/mol. The second-order valence-corrected chi connectivity index (χ2v) is 10.3. The van der Waals surface area contributed by atoms with E-state index in [1.54, 1.807) is 55.5 Å². The van der Waals surface area contributed by atoms with Gasteiger partial charge in [-0.2, -0.15) is 5.10 Å². The van der Waals surface area contributed by atoms with Crippen LogP contribution in [0.3, 0.4) is 0 Å². The first-order valence-electron chi connectivity index (χ1n) is 10.3. The molecule has 0 saturated heterocycles. The number of hydrogen-bond donors (Lipinski definition) is 3. The van der Waals surface area contributed by atoms with Crippen LogP contribution < -0.4 is 10.1 Å². The molecule has 3 rings (SSSR count). The van der Waals surface area contributed by atoms with Gasteiger partial charge < -0.3 is 5.11 Å². The molecule has 0 radical (unpaired) electrons. The van der Waals surface area contributed by atoms with Crippen LogP contribution in [0.2, 0.25) is 0 Å². The standard InChI is InChI=1S/C25H27N3O4S/c1-17(26-27-24(30)22-7-5-6-8-23(22)29)18-9-13-20(14-10-18)28-33(31,32)21-15-11-19(12-16-21)25(2,3)4/h5-16,28-29H,1-4H3,(H,27,30)/b26-17-. The molecule has 7 nitrogen and oxygen atoms in total. The third-order valence-corrected chi connectivity index (χ3v) is 6.46. The highest BCUT2D eigenvalue weighted by atomic mass is 32.2. The number of nitrogens with one attached hydrogen (secondary N) is 2. The molecule has 33 heavy (non-hydrogen) atoms. The molecule has 0 aliphatic carbocycles. The van der Waals surface area contributed by atoms with E-state index in [1.807, 2.05) is 12.1 Å². The van der Waals surface area contributed by atoms with Crippen LogP contribution in [0, 0.1) is 0 Å². The predicted octanol–water partition coefficient (Wildman–Crippen LogP) is 4.64. The van der Waals surface area contributed by atoms with Gasteiger partial charge in [-0.3, -0.25) is 9.52 Å². The monoisotopic (exact) mass is 465 g/mol. The summed E-state index contributed by atoms with van der Waals surface area (Å²) in [5.41, 5.74) is 5.14. The Morgan fingerprint density at radius 3 is 2.09 bits per heavy atom. The molecule has 3 aromatic carbocycles. The zero-order valence-corrected chi connectivity index (χ0v) is 19.8. The molecule has 0 aliphatic rings. The molecule has 0 fully saturated rings. The third-order valence-electron chi connectivity index (χ3n) is 5.06. The maximum atomic E-state index is 12.7. The van der Waals surface area contributed by atoms with E-state index in [2.05, 4.69) is 36.0 Å². The highest BCUT2D eigenvalue weighted by molar-refractivity contribution is 7.92. The molecule has 0 aromatic heterocycles. The number of hydrogen-bond acceptors (Lipinski definition) is 5. The van der Waals surface area contributed by atoms with Crippen LogP contribution in [0.1, 0.15) is 49.2 Å². The maximum absolute atomic E-state index is 12.7. The minimum Gasteiger partial charge on any atom is -0.507 e. The highest BCUT2D eigenvalue weighted by Crippen LogP contribution is 2.24. The molecule has 0 heterocycles. The Kier molecular flexibility index (Phi) is 6.88. The number of carbonyl (C=O) groups excluding carboxylic acids is 1. The van der Waals surface area contributed by atoms with Gasteiger partial charge in [0.1, 0.15) is 5.75 Å². The van der Waals surface area contributed by atoms with E-state index < -0.39 is 15.9 Å². The van der Waals surface area contributed by atoms with Crippen molar-refractivity contribution in [2.45, 2.75) is 38.0 Å². The average Bonchev–Trinajstić information content (AvgIpc) is 2.77. The molecule has 8 heteroatoms. The summed E-state index contributed by atoms with van der Waals surface area (Å²) in [6, 6.07) is 19.7. The highest BCUT2D eigenvalue weighted by Gasteiger charge is 2.18. The van der Waals surface area contributed by atoms with Crippen molar-refractivity contribution in [2.24, 2.45) is 5.10 Å². The van der Waals surface area contributed by atoms with Crippen LogP contribution in [-0.4, -0.2) is 25.1 Å². The number of sulfonamides is 1. The number of para-hydroxylation sites is 1. The van der Waals surface area contributed by atoms with Gasteiger partial charge in [-0.15, -0.1) is 0 Å². The smallest absolute Gasteiger partial charge is 0.275 e. The molecule has 0 aliphatic heterocycles. The van der Waals surface area contributed by atoms with Gasteiger partial charge in [0, 0.05) is 5.69 Å². The lowest BCUT2D eigenvalue weighted by Crippen LogP contribution is -2.19. The zero-order chi connectivity index (χ0) is 24.2. The van der Waals surface area contributed by atoms with Gasteiger partial charge in [0.05, 0.1) is 16.2 Å². The minimum absolute atomic E-state index is 0.0636. The quantitative estimate of drug-likeness (QED) is 0.364. The van der Waals surface area contributed by atoms with Crippen LogP contribution in [-0.2, 0) is 15.4 Å². The number of nitrogens with zero attached hydrogens (tertiary/aromatic N) is 1. The molecular weight excluding hydrogens is 438 g/mol. The lowest BCUT2D eigenvalue weighted by Gasteiger charge is -2.19. The molecule has 0 saturated carbocycles. The van der Waals surface area contributed by atoms with Crippen LogP contribution in [0.4, 0.5) is 5.69 Å². The van der Waals surface area contributed by atoms with Crippen molar-refractivity contribution in [3.63, 3.8) is 0 Å². The fourth-order valence-electron chi connectivity index (χ4n) is 3.05. The van der Waals surface area contributed by atoms with Gasteiger partial charge in [0.25, 0.3) is 15.9 Å². The van der Waals surface area contributed by atoms with Gasteiger partial charge >= 0.3 is 0 Å². The van der Waals surface area contributed by atoms with Crippen molar-refractivity contribution < 1.29 is 18.3 Å². The second-order valence-electron chi connectivity index (χ2n) is 8.61. The summed E-state index contributed by atoms with van der Waals surface area (Å²) in [6.45, 7) is 7.91. The van der Waals surface area contributed by atoms with Crippen LogP contribution in [0.5, 0.6) is 5.75 Å². The van der Waals surface area contributed by atoms with E-state index in [0.717, 1.165) is 5.56 Å². The summed E-state index contributed by atoms with van der Waals surface area (Å²) in [6.07, 6.45) is 0. The van der Waals surface area contributed by atoms with Crippen molar-refractivity contribution in [3.8, 4) is 5.75 Å².